The van der Waals surface area contributed by atoms with Gasteiger partial charge in [-0.2, -0.15) is 5.10 Å². The van der Waals surface area contributed by atoms with Crippen LogP contribution in [0.2, 0.25) is 5.02 Å². The topological polar surface area (TPSA) is 39.1 Å². The van der Waals surface area contributed by atoms with Crippen molar-refractivity contribution in [3.05, 3.63) is 29.1 Å². The third-order valence-electron chi connectivity index (χ3n) is 3.77. The van der Waals surface area contributed by atoms with Gasteiger partial charge in [-0.15, -0.1) is 6.58 Å². The summed E-state index contributed by atoms with van der Waals surface area (Å²) in [6.07, 6.45) is 3.69. The van der Waals surface area contributed by atoms with E-state index in [1.165, 1.54) is 0 Å². The average molecular weight is 314 g/mol. The lowest BCUT2D eigenvalue weighted by atomic mass is 9.85. The highest BCUT2D eigenvalue weighted by molar-refractivity contribution is 6.31. The normalized spacial score (nSPS) is 14.1. The standard InChI is InChI=1S/C16H28ClN3O/c1-6-13-15(17)14(20(8-3)19-13)11-16(4,7-2)12-18-9-10-21-5/h7,18H,2,6,8-12H2,1,3-5H3. The summed E-state index contributed by atoms with van der Waals surface area (Å²) in [7, 11) is 1.71. The summed E-state index contributed by atoms with van der Waals surface area (Å²) in [5.41, 5.74) is 2.02. The zero-order valence-electron chi connectivity index (χ0n) is 13.7. The Morgan fingerprint density at radius 1 is 1.48 bits per heavy atom. The highest BCUT2D eigenvalue weighted by atomic mass is 35.5. The Balaban J connectivity index is 2.84. The molecule has 1 aromatic heterocycles. The van der Waals surface area contributed by atoms with Crippen molar-refractivity contribution in [2.45, 2.75) is 40.2 Å². The van der Waals surface area contributed by atoms with Gasteiger partial charge >= 0.3 is 0 Å². The third kappa shape index (κ3) is 4.83. The number of ether oxygens (including phenoxy) is 1. The van der Waals surface area contributed by atoms with Crippen LogP contribution in [0.3, 0.4) is 0 Å². The van der Waals surface area contributed by atoms with Gasteiger partial charge in [-0.1, -0.05) is 31.5 Å². The van der Waals surface area contributed by atoms with Crippen molar-refractivity contribution < 1.29 is 4.74 Å². The number of rotatable bonds is 10. The molecule has 0 bridgehead atoms. The van der Waals surface area contributed by atoms with Crippen molar-refractivity contribution in [3.8, 4) is 0 Å². The molecule has 0 aliphatic heterocycles. The lowest BCUT2D eigenvalue weighted by Gasteiger charge is -2.26. The molecule has 0 saturated carbocycles. The zero-order chi connectivity index (χ0) is 15.9. The second-order valence-corrected chi connectivity index (χ2v) is 5.96. The molecule has 1 heterocycles. The number of aromatic nitrogens is 2. The summed E-state index contributed by atoms with van der Waals surface area (Å²) in [5, 5.41) is 8.80. The summed E-state index contributed by atoms with van der Waals surface area (Å²) in [6, 6.07) is 0. The quantitative estimate of drug-likeness (QED) is 0.533. The molecule has 21 heavy (non-hydrogen) atoms. The van der Waals surface area contributed by atoms with E-state index in [2.05, 4.69) is 37.8 Å². The first-order valence-corrected chi connectivity index (χ1v) is 7.96. The fourth-order valence-electron chi connectivity index (χ4n) is 2.32. The van der Waals surface area contributed by atoms with Crippen molar-refractivity contribution in [1.29, 1.82) is 0 Å². The molecule has 1 aromatic rings. The fourth-order valence-corrected chi connectivity index (χ4v) is 2.66. The van der Waals surface area contributed by atoms with Gasteiger partial charge in [0.25, 0.3) is 0 Å². The zero-order valence-corrected chi connectivity index (χ0v) is 14.5. The molecule has 1 N–H and O–H groups in total. The van der Waals surface area contributed by atoms with Gasteiger partial charge in [-0.3, -0.25) is 4.68 Å². The monoisotopic (exact) mass is 313 g/mol. The van der Waals surface area contributed by atoms with E-state index in [0.29, 0.717) is 6.61 Å². The van der Waals surface area contributed by atoms with Crippen molar-refractivity contribution >= 4 is 11.6 Å². The molecule has 0 aliphatic carbocycles. The van der Waals surface area contributed by atoms with Crippen LogP contribution < -0.4 is 5.32 Å². The molecule has 0 radical (unpaired) electrons. The van der Waals surface area contributed by atoms with Crippen LogP contribution in [0.5, 0.6) is 0 Å². The molecule has 5 heteroatoms. The number of hydrogen-bond acceptors (Lipinski definition) is 3. The Hall–Kier alpha value is -0.840. The molecular formula is C16H28ClN3O. The minimum atomic E-state index is -0.0602. The molecular weight excluding hydrogens is 286 g/mol. The third-order valence-corrected chi connectivity index (χ3v) is 4.21. The Kier molecular flexibility index (Phi) is 7.43. The molecule has 4 nitrogen and oxygen atoms in total. The average Bonchev–Trinajstić information content (AvgIpc) is 2.79. The SMILES string of the molecule is C=CC(C)(CNCCOC)Cc1c(Cl)c(CC)nn1CC. The van der Waals surface area contributed by atoms with Gasteiger partial charge in [0.05, 0.1) is 23.0 Å². The van der Waals surface area contributed by atoms with E-state index in [9.17, 15) is 0 Å². The fraction of sp³-hybridized carbons (Fsp3) is 0.688. The minimum Gasteiger partial charge on any atom is -0.383 e. The lowest BCUT2D eigenvalue weighted by Crippen LogP contribution is -2.34. The second-order valence-electron chi connectivity index (χ2n) is 5.58. The molecule has 1 atom stereocenters. The van der Waals surface area contributed by atoms with Crippen LogP contribution in [0.15, 0.2) is 12.7 Å². The predicted octanol–water partition coefficient (Wildman–Crippen LogP) is 3.09. The van der Waals surface area contributed by atoms with Gasteiger partial charge in [0.15, 0.2) is 0 Å². The molecule has 0 amide bonds. The van der Waals surface area contributed by atoms with Gasteiger partial charge < -0.3 is 10.1 Å². The first kappa shape index (κ1) is 18.2. The Morgan fingerprint density at radius 3 is 2.71 bits per heavy atom. The van der Waals surface area contributed by atoms with Crippen LogP contribution in [-0.4, -0.2) is 36.6 Å². The van der Waals surface area contributed by atoms with Gasteiger partial charge in [0.1, 0.15) is 0 Å². The minimum absolute atomic E-state index is 0.0602. The van der Waals surface area contributed by atoms with E-state index < -0.39 is 0 Å². The molecule has 0 fully saturated rings. The molecule has 0 saturated heterocycles. The van der Waals surface area contributed by atoms with Crippen LogP contribution in [0, 0.1) is 5.41 Å². The Morgan fingerprint density at radius 2 is 2.19 bits per heavy atom. The van der Waals surface area contributed by atoms with E-state index in [-0.39, 0.29) is 5.41 Å². The molecule has 1 rings (SSSR count). The van der Waals surface area contributed by atoms with Gasteiger partial charge in [-0.25, -0.2) is 0 Å². The first-order chi connectivity index (χ1) is 10.0. The number of nitrogens with zero attached hydrogens (tertiary/aromatic N) is 2. The maximum absolute atomic E-state index is 6.50. The van der Waals surface area contributed by atoms with E-state index >= 15 is 0 Å². The summed E-state index contributed by atoms with van der Waals surface area (Å²) in [5.74, 6) is 0. The molecule has 120 valence electrons. The maximum atomic E-state index is 6.50. The highest BCUT2D eigenvalue weighted by Gasteiger charge is 2.25. The van der Waals surface area contributed by atoms with Crippen LogP contribution in [0.4, 0.5) is 0 Å². The lowest BCUT2D eigenvalue weighted by molar-refractivity contribution is 0.195. The number of halogens is 1. The number of hydrogen-bond donors (Lipinski definition) is 1. The number of aryl methyl sites for hydroxylation is 2. The number of methoxy groups -OCH3 is 1. The molecule has 1 unspecified atom stereocenters. The smallest absolute Gasteiger partial charge is 0.0850 e. The van der Waals surface area contributed by atoms with Crippen molar-refractivity contribution in [2.75, 3.05) is 26.8 Å². The summed E-state index contributed by atoms with van der Waals surface area (Å²) >= 11 is 6.50. The first-order valence-electron chi connectivity index (χ1n) is 7.58. The van der Waals surface area contributed by atoms with Crippen molar-refractivity contribution in [3.63, 3.8) is 0 Å². The van der Waals surface area contributed by atoms with Crippen LogP contribution in [-0.2, 0) is 24.1 Å². The van der Waals surface area contributed by atoms with Gasteiger partial charge in [0.2, 0.25) is 0 Å². The van der Waals surface area contributed by atoms with Crippen molar-refractivity contribution in [2.24, 2.45) is 5.41 Å². The molecule has 0 aliphatic rings. The van der Waals surface area contributed by atoms with Crippen LogP contribution in [0.1, 0.15) is 32.2 Å². The van der Waals surface area contributed by atoms with Crippen LogP contribution in [0.25, 0.3) is 0 Å². The van der Waals surface area contributed by atoms with Crippen molar-refractivity contribution in [1.82, 2.24) is 15.1 Å². The van der Waals surface area contributed by atoms with Gasteiger partial charge in [0, 0.05) is 38.6 Å². The van der Waals surface area contributed by atoms with Crippen LogP contribution >= 0.6 is 11.6 Å². The van der Waals surface area contributed by atoms with E-state index in [4.69, 9.17) is 16.3 Å². The van der Waals surface area contributed by atoms with E-state index in [1.807, 2.05) is 10.8 Å². The molecule has 0 aromatic carbocycles. The highest BCUT2D eigenvalue weighted by Crippen LogP contribution is 2.30. The summed E-state index contributed by atoms with van der Waals surface area (Å²) < 4.78 is 7.07. The Labute approximate surface area is 133 Å². The van der Waals surface area contributed by atoms with Gasteiger partial charge in [-0.05, 0) is 13.3 Å². The predicted molar refractivity (Wildman–Crippen MR) is 89.0 cm³/mol. The van der Waals surface area contributed by atoms with E-state index in [0.717, 1.165) is 48.9 Å². The number of nitrogens with one attached hydrogen (secondary N) is 1. The maximum Gasteiger partial charge on any atom is 0.0850 e. The summed E-state index contributed by atoms with van der Waals surface area (Å²) in [6.45, 7) is 13.6. The largest absolute Gasteiger partial charge is 0.383 e. The Bertz CT molecular complexity index is 459. The molecule has 0 spiro atoms. The second kappa shape index (κ2) is 8.57. The van der Waals surface area contributed by atoms with E-state index in [1.54, 1.807) is 7.11 Å². The summed E-state index contributed by atoms with van der Waals surface area (Å²) in [4.78, 5) is 0.